The minimum Gasteiger partial charge on any atom is -0.641 e. The van der Waals surface area contributed by atoms with E-state index in [2.05, 4.69) is 35.9 Å². The first-order chi connectivity index (χ1) is 11.6. The van der Waals surface area contributed by atoms with Crippen LogP contribution < -0.4 is 4.89 Å². The number of hydrogen-bond donors (Lipinski definition) is 0. The van der Waals surface area contributed by atoms with Gasteiger partial charge in [-0.2, -0.15) is 4.67 Å². The van der Waals surface area contributed by atoms with Crippen molar-refractivity contribution in [1.29, 1.82) is 0 Å². The normalized spacial score (nSPS) is 26.2. The van der Waals surface area contributed by atoms with Crippen LogP contribution in [0.1, 0.15) is 37.1 Å². The Kier molecular flexibility index (Phi) is 5.68. The smallest absolute Gasteiger partial charge is 0.181 e. The minimum absolute atomic E-state index is 0.0422. The Balaban J connectivity index is 1.99. The molecule has 0 radical (unpaired) electrons. The van der Waals surface area contributed by atoms with Gasteiger partial charge in [0.05, 0.1) is 0 Å². The van der Waals surface area contributed by atoms with Crippen LogP contribution in [-0.2, 0) is 10.9 Å². The quantitative estimate of drug-likeness (QED) is 0.763. The molecule has 0 amide bonds. The third-order valence-electron chi connectivity index (χ3n) is 4.73. The molecule has 3 rings (SSSR count). The van der Waals surface area contributed by atoms with Crippen LogP contribution in [-0.4, -0.2) is 23.9 Å². The molecule has 1 heterocycles. The van der Waals surface area contributed by atoms with Gasteiger partial charge in [-0.05, 0) is 31.4 Å². The van der Waals surface area contributed by atoms with Gasteiger partial charge in [0.1, 0.15) is 11.8 Å². The van der Waals surface area contributed by atoms with Crippen molar-refractivity contribution >= 4 is 7.87 Å². The zero-order valence-corrected chi connectivity index (χ0v) is 15.4. The average molecular weight is 343 g/mol. The third kappa shape index (κ3) is 3.70. The van der Waals surface area contributed by atoms with E-state index in [9.17, 15) is 4.89 Å². The van der Waals surface area contributed by atoms with E-state index < -0.39 is 7.87 Å². The molecule has 0 saturated carbocycles. The van der Waals surface area contributed by atoms with E-state index in [0.717, 1.165) is 31.5 Å². The van der Waals surface area contributed by atoms with Crippen LogP contribution in [0.5, 0.6) is 0 Å². The summed E-state index contributed by atoms with van der Waals surface area (Å²) in [6.07, 6.45) is 1.70. The Hall–Kier alpha value is -1.25. The lowest BCUT2D eigenvalue weighted by Crippen LogP contribution is -2.43. The molecule has 0 bridgehead atoms. The number of benzene rings is 2. The maximum atomic E-state index is 14.0. The Labute approximate surface area is 145 Å². The van der Waals surface area contributed by atoms with Gasteiger partial charge in [0.15, 0.2) is 7.87 Å². The molecule has 4 heteroatoms. The van der Waals surface area contributed by atoms with Crippen molar-refractivity contribution in [2.45, 2.75) is 38.5 Å². The first-order valence-electron chi connectivity index (χ1n) is 8.76. The lowest BCUT2D eigenvalue weighted by atomic mass is 10.0. The van der Waals surface area contributed by atoms with Crippen LogP contribution in [0, 0.1) is 0 Å². The standard InChI is InChI=1S/C20H26NO2P/c1-3-21-15-14-17(2)23-24(21,22)20(19-12-8-5-9-13-19)16-18-10-6-4-7-11-18/h4-13,17,20H,3,14-16H2,1-2H3/t17-,20+,24?/m0/s1. The van der Waals surface area contributed by atoms with Crippen LogP contribution in [0.2, 0.25) is 0 Å². The second-order valence-corrected chi connectivity index (χ2v) is 8.96. The molecule has 3 nitrogen and oxygen atoms in total. The average Bonchev–Trinajstić information content (AvgIpc) is 2.61. The van der Waals surface area contributed by atoms with E-state index in [4.69, 9.17) is 4.52 Å². The van der Waals surface area contributed by atoms with E-state index in [-0.39, 0.29) is 11.8 Å². The fourth-order valence-electron chi connectivity index (χ4n) is 3.41. The first kappa shape index (κ1) is 17.6. The second-order valence-electron chi connectivity index (χ2n) is 6.43. The predicted octanol–water partition coefficient (Wildman–Crippen LogP) is 4.22. The van der Waals surface area contributed by atoms with Gasteiger partial charge >= 0.3 is 0 Å². The minimum atomic E-state index is -2.94. The van der Waals surface area contributed by atoms with Gasteiger partial charge in [0.25, 0.3) is 0 Å². The Morgan fingerprint density at radius 3 is 2.38 bits per heavy atom. The predicted molar refractivity (Wildman–Crippen MR) is 98.7 cm³/mol. The summed E-state index contributed by atoms with van der Waals surface area (Å²) in [7, 11) is -2.94. The van der Waals surface area contributed by atoms with Crippen molar-refractivity contribution in [3.63, 3.8) is 0 Å². The summed E-state index contributed by atoms with van der Waals surface area (Å²) < 4.78 is 8.21. The van der Waals surface area contributed by atoms with Crippen molar-refractivity contribution in [3.8, 4) is 0 Å². The van der Waals surface area contributed by atoms with E-state index in [1.165, 1.54) is 5.56 Å². The summed E-state index contributed by atoms with van der Waals surface area (Å²) in [6, 6.07) is 20.5. The summed E-state index contributed by atoms with van der Waals surface area (Å²) in [5.41, 5.74) is 2.15. The lowest BCUT2D eigenvalue weighted by Gasteiger charge is -2.47. The molecule has 2 aromatic rings. The van der Waals surface area contributed by atoms with Gasteiger partial charge < -0.3 is 4.89 Å². The van der Waals surface area contributed by atoms with Crippen LogP contribution >= 0.6 is 7.87 Å². The third-order valence-corrected chi connectivity index (χ3v) is 7.94. The zero-order chi connectivity index (χ0) is 17.0. The second kappa shape index (κ2) is 7.76. The molecule has 0 aromatic heterocycles. The fourth-order valence-corrected chi connectivity index (χ4v) is 6.48. The molecule has 1 aliphatic heterocycles. The molecule has 2 aromatic carbocycles. The highest BCUT2D eigenvalue weighted by Gasteiger charge is 2.49. The van der Waals surface area contributed by atoms with Crippen LogP contribution in [0.4, 0.5) is 0 Å². The van der Waals surface area contributed by atoms with E-state index in [1.807, 2.05) is 43.3 Å². The Bertz CT molecular complexity index is 637. The molecule has 1 fully saturated rings. The maximum absolute atomic E-state index is 14.0. The highest BCUT2D eigenvalue weighted by molar-refractivity contribution is 7.62. The van der Waals surface area contributed by atoms with Crippen LogP contribution in [0.3, 0.4) is 0 Å². The molecular weight excluding hydrogens is 317 g/mol. The van der Waals surface area contributed by atoms with E-state index >= 15 is 0 Å². The SMILES string of the molecule is CCN1CC[C@H](C)O[P+]1([O-])[C@H](Cc1ccccc1)c1ccccc1. The van der Waals surface area contributed by atoms with E-state index in [0.29, 0.717) is 0 Å². The van der Waals surface area contributed by atoms with Crippen molar-refractivity contribution in [2.75, 3.05) is 13.1 Å². The Morgan fingerprint density at radius 1 is 1.12 bits per heavy atom. The number of nitrogens with zero attached hydrogens (tertiary/aromatic N) is 1. The van der Waals surface area contributed by atoms with Crippen LogP contribution in [0.15, 0.2) is 60.7 Å². The van der Waals surface area contributed by atoms with Crippen LogP contribution in [0.25, 0.3) is 0 Å². The fraction of sp³-hybridized carbons (Fsp3) is 0.400. The number of rotatable bonds is 5. The van der Waals surface area contributed by atoms with Gasteiger partial charge in [0.2, 0.25) is 0 Å². The monoisotopic (exact) mass is 343 g/mol. The molecule has 0 N–H and O–H groups in total. The molecule has 1 saturated heterocycles. The molecule has 0 aliphatic carbocycles. The van der Waals surface area contributed by atoms with Gasteiger partial charge in [0, 0.05) is 19.5 Å². The lowest BCUT2D eigenvalue weighted by molar-refractivity contribution is -0.218. The molecule has 3 atom stereocenters. The molecular formula is C20H26NO2P. The van der Waals surface area contributed by atoms with Gasteiger partial charge in [-0.15, -0.1) is 0 Å². The van der Waals surface area contributed by atoms with Crippen molar-refractivity contribution in [2.24, 2.45) is 0 Å². The largest absolute Gasteiger partial charge is 0.641 e. The van der Waals surface area contributed by atoms with Crippen molar-refractivity contribution in [1.82, 2.24) is 4.67 Å². The highest BCUT2D eigenvalue weighted by Crippen LogP contribution is 2.69. The van der Waals surface area contributed by atoms with Gasteiger partial charge in [-0.25, -0.2) is 4.52 Å². The first-order valence-corrected chi connectivity index (χ1v) is 10.4. The van der Waals surface area contributed by atoms with Crippen molar-refractivity contribution < 1.29 is 9.42 Å². The molecule has 128 valence electrons. The van der Waals surface area contributed by atoms with E-state index in [1.54, 1.807) is 0 Å². The topological polar surface area (TPSA) is 35.5 Å². The molecule has 1 unspecified atom stereocenters. The van der Waals surface area contributed by atoms with Gasteiger partial charge in [-0.3, -0.25) is 0 Å². The van der Waals surface area contributed by atoms with Gasteiger partial charge in [-0.1, -0.05) is 60.7 Å². The Morgan fingerprint density at radius 2 is 1.75 bits per heavy atom. The zero-order valence-electron chi connectivity index (χ0n) is 14.5. The molecule has 0 spiro atoms. The maximum Gasteiger partial charge on any atom is 0.181 e. The molecule has 24 heavy (non-hydrogen) atoms. The summed E-state index contributed by atoms with van der Waals surface area (Å²) in [4.78, 5) is 14.0. The summed E-state index contributed by atoms with van der Waals surface area (Å²) >= 11 is 0. The number of hydrogen-bond acceptors (Lipinski definition) is 3. The summed E-state index contributed by atoms with van der Waals surface area (Å²) in [5.74, 6) is 0. The summed E-state index contributed by atoms with van der Waals surface area (Å²) in [5, 5.41) is 0. The van der Waals surface area contributed by atoms with Crippen molar-refractivity contribution in [3.05, 3.63) is 71.8 Å². The summed E-state index contributed by atoms with van der Waals surface area (Å²) in [6.45, 7) is 5.69. The highest BCUT2D eigenvalue weighted by atomic mass is 31.2. The molecule has 1 aliphatic rings.